The summed E-state index contributed by atoms with van der Waals surface area (Å²) < 4.78 is 19.5. The molecule has 0 bridgehead atoms. The van der Waals surface area contributed by atoms with Gasteiger partial charge in [-0.3, -0.25) is 14.7 Å². The number of aromatic nitrogens is 4. The van der Waals surface area contributed by atoms with Gasteiger partial charge in [0.05, 0.1) is 18.7 Å². The molecule has 222 valence electrons. The van der Waals surface area contributed by atoms with E-state index in [0.717, 1.165) is 79.4 Å². The molecule has 3 aromatic heterocycles. The lowest BCUT2D eigenvalue weighted by molar-refractivity contribution is -0.188. The van der Waals surface area contributed by atoms with Gasteiger partial charge in [-0.15, -0.1) is 0 Å². The number of nitrogens with zero attached hydrogens (tertiary/aromatic N) is 5. The van der Waals surface area contributed by atoms with Gasteiger partial charge >= 0.3 is 5.97 Å². The van der Waals surface area contributed by atoms with Gasteiger partial charge in [0.1, 0.15) is 17.6 Å². The highest BCUT2D eigenvalue weighted by atomic mass is 16.7. The highest BCUT2D eigenvalue weighted by Gasteiger charge is 2.28. The Balaban J connectivity index is 1.02. The molecule has 0 amide bonds. The van der Waals surface area contributed by atoms with Gasteiger partial charge in [0.2, 0.25) is 0 Å². The molecule has 43 heavy (non-hydrogen) atoms. The smallest absolute Gasteiger partial charge is 0.303 e. The van der Waals surface area contributed by atoms with Crippen LogP contribution in [-0.4, -0.2) is 61.7 Å². The van der Waals surface area contributed by atoms with E-state index in [2.05, 4.69) is 31.9 Å². The van der Waals surface area contributed by atoms with E-state index in [-0.39, 0.29) is 24.7 Å². The minimum atomic E-state index is -0.731. The van der Waals surface area contributed by atoms with Gasteiger partial charge in [-0.2, -0.15) is 0 Å². The Hall–Kier alpha value is -4.30. The van der Waals surface area contributed by atoms with Gasteiger partial charge < -0.3 is 23.7 Å². The lowest BCUT2D eigenvalue weighted by Crippen LogP contribution is -2.46. The van der Waals surface area contributed by atoms with Crippen LogP contribution >= 0.6 is 0 Å². The van der Waals surface area contributed by atoms with Gasteiger partial charge in [-0.25, -0.2) is 4.98 Å². The van der Waals surface area contributed by atoms with Crippen molar-refractivity contribution in [1.29, 1.82) is 0 Å². The van der Waals surface area contributed by atoms with E-state index >= 15 is 0 Å². The van der Waals surface area contributed by atoms with Crippen molar-refractivity contribution in [2.24, 2.45) is 5.92 Å². The fourth-order valence-corrected chi connectivity index (χ4v) is 5.48. The summed E-state index contributed by atoms with van der Waals surface area (Å²) >= 11 is 0. The minimum absolute atomic E-state index is 0.180. The number of hydrogen-bond acceptors (Lipinski definition) is 8. The van der Waals surface area contributed by atoms with E-state index in [1.165, 1.54) is 0 Å². The molecule has 4 aromatic rings. The summed E-state index contributed by atoms with van der Waals surface area (Å²) in [5.74, 6) is 7.39. The Kier molecular flexibility index (Phi) is 8.93. The number of carboxylic acids is 1. The van der Waals surface area contributed by atoms with Gasteiger partial charge in [0.15, 0.2) is 12.1 Å². The van der Waals surface area contributed by atoms with Gasteiger partial charge in [-0.05, 0) is 68.5 Å². The molecular formula is C33H35N5O5. The van der Waals surface area contributed by atoms with Crippen LogP contribution in [0, 0.1) is 17.8 Å². The molecule has 1 unspecified atom stereocenters. The minimum Gasteiger partial charge on any atom is -0.481 e. The second-order valence-corrected chi connectivity index (χ2v) is 11.2. The Morgan fingerprint density at radius 3 is 2.63 bits per heavy atom. The third kappa shape index (κ3) is 7.56. The molecule has 5 heterocycles. The third-order valence-corrected chi connectivity index (χ3v) is 7.72. The van der Waals surface area contributed by atoms with Crippen molar-refractivity contribution in [3.05, 3.63) is 89.4 Å². The summed E-state index contributed by atoms with van der Waals surface area (Å²) in [6, 6.07) is 13.8. The number of aliphatic carboxylic acids is 1. The van der Waals surface area contributed by atoms with Crippen molar-refractivity contribution in [3.63, 3.8) is 0 Å². The zero-order chi connectivity index (χ0) is 29.6. The number of imidazole rings is 1. The second kappa shape index (κ2) is 13.3. The summed E-state index contributed by atoms with van der Waals surface area (Å²) in [6.07, 6.45) is 8.45. The maximum Gasteiger partial charge on any atom is 0.303 e. The van der Waals surface area contributed by atoms with Crippen LogP contribution in [0.2, 0.25) is 0 Å². The first kappa shape index (κ1) is 28.8. The number of likely N-dealkylation sites (tertiary alicyclic amines) is 1. The zero-order valence-corrected chi connectivity index (χ0v) is 24.2. The number of rotatable bonds is 10. The molecule has 2 saturated heterocycles. The van der Waals surface area contributed by atoms with Crippen molar-refractivity contribution in [1.82, 2.24) is 24.6 Å². The number of benzene rings is 1. The average Bonchev–Trinajstić information content (AvgIpc) is 3.66. The van der Waals surface area contributed by atoms with Crippen molar-refractivity contribution in [3.8, 4) is 23.2 Å². The van der Waals surface area contributed by atoms with Crippen LogP contribution in [0.3, 0.4) is 0 Å². The Bertz CT molecular complexity index is 1570. The summed E-state index contributed by atoms with van der Waals surface area (Å²) in [5, 5.41) is 13.2. The summed E-state index contributed by atoms with van der Waals surface area (Å²) in [4.78, 5) is 22.1. The Morgan fingerprint density at radius 1 is 1.07 bits per heavy atom. The number of ether oxygens (including phenoxy) is 2. The van der Waals surface area contributed by atoms with Crippen molar-refractivity contribution < 1.29 is 23.9 Å². The first-order valence-electron chi connectivity index (χ1n) is 14.7. The predicted molar refractivity (Wildman–Crippen MR) is 158 cm³/mol. The van der Waals surface area contributed by atoms with E-state index in [1.807, 2.05) is 60.2 Å². The first-order chi connectivity index (χ1) is 21.0. The predicted octanol–water partition coefficient (Wildman–Crippen LogP) is 4.89. The maximum atomic E-state index is 10.8. The van der Waals surface area contributed by atoms with E-state index in [1.54, 1.807) is 12.4 Å². The molecule has 0 aliphatic carbocycles. The maximum absolute atomic E-state index is 10.8. The largest absolute Gasteiger partial charge is 0.481 e. The van der Waals surface area contributed by atoms with Crippen LogP contribution in [-0.2, 0) is 27.4 Å². The summed E-state index contributed by atoms with van der Waals surface area (Å²) in [6.45, 7) is 5.60. The van der Waals surface area contributed by atoms with Crippen LogP contribution in [0.1, 0.15) is 67.1 Å². The molecule has 2 atom stereocenters. The molecular weight excluding hydrogens is 546 g/mol. The fourth-order valence-electron chi connectivity index (χ4n) is 5.48. The number of carbonyl (C=O) groups is 1. The lowest BCUT2D eigenvalue weighted by Gasteiger charge is -2.38. The molecule has 2 aliphatic heterocycles. The van der Waals surface area contributed by atoms with Crippen LogP contribution < -0.4 is 0 Å². The number of pyridine rings is 1. The molecule has 0 saturated carbocycles. The molecule has 1 aromatic carbocycles. The number of carboxylic acid groups (broad SMARTS) is 1. The van der Waals surface area contributed by atoms with Crippen molar-refractivity contribution in [2.75, 3.05) is 19.7 Å². The zero-order valence-electron chi connectivity index (χ0n) is 24.2. The second-order valence-electron chi connectivity index (χ2n) is 11.2. The molecule has 0 spiro atoms. The summed E-state index contributed by atoms with van der Waals surface area (Å²) in [7, 11) is 0. The molecule has 10 heteroatoms. The van der Waals surface area contributed by atoms with E-state index in [9.17, 15) is 4.79 Å². The van der Waals surface area contributed by atoms with Crippen LogP contribution in [0.5, 0.6) is 0 Å². The van der Waals surface area contributed by atoms with E-state index < -0.39 is 5.97 Å². The molecule has 10 nitrogen and oxygen atoms in total. The van der Waals surface area contributed by atoms with Crippen molar-refractivity contribution >= 4 is 5.97 Å². The SMILES string of the molecule is C[C@H](OC1CCCCO1)c1nccn1Cc1cc(-c2ccc(C#Cc3ccc(CN4CC(CC(=O)O)C4)nc3)cc2)on1. The third-order valence-electron chi connectivity index (χ3n) is 7.72. The summed E-state index contributed by atoms with van der Waals surface area (Å²) in [5.41, 5.74) is 4.39. The highest BCUT2D eigenvalue weighted by molar-refractivity contribution is 5.67. The monoisotopic (exact) mass is 581 g/mol. The quantitative estimate of drug-likeness (QED) is 0.261. The standard InChI is InChI=1S/C33H35N5O5/c1-23(42-32-4-2-3-15-41-32)33-34-13-14-38(33)22-29-17-30(43-36-29)27-10-7-24(8-11-27)5-6-25-9-12-28(35-18-25)21-37-19-26(20-37)16-31(39)40/h7-14,17-18,23,26,32H,2-4,15-16,19-22H2,1H3,(H,39,40)/t23-,32?/m0/s1. The highest BCUT2D eigenvalue weighted by Crippen LogP contribution is 2.25. The van der Waals surface area contributed by atoms with Crippen LogP contribution in [0.15, 0.2) is 65.6 Å². The molecule has 2 aliphatic rings. The van der Waals surface area contributed by atoms with Crippen LogP contribution in [0.25, 0.3) is 11.3 Å². The van der Waals surface area contributed by atoms with Crippen LogP contribution in [0.4, 0.5) is 0 Å². The van der Waals surface area contributed by atoms with Crippen molar-refractivity contribution in [2.45, 2.75) is 58.1 Å². The molecule has 2 fully saturated rings. The fraction of sp³-hybridized carbons (Fsp3) is 0.394. The topological polar surface area (TPSA) is 116 Å². The Labute approximate surface area is 250 Å². The van der Waals surface area contributed by atoms with E-state index in [0.29, 0.717) is 12.3 Å². The molecule has 1 N–H and O–H groups in total. The van der Waals surface area contributed by atoms with Gasteiger partial charge in [-0.1, -0.05) is 17.0 Å². The van der Waals surface area contributed by atoms with Gasteiger partial charge in [0, 0.05) is 67.6 Å². The normalized spacial score (nSPS) is 18.0. The van der Waals surface area contributed by atoms with E-state index in [4.69, 9.17) is 19.1 Å². The van der Waals surface area contributed by atoms with Gasteiger partial charge in [0.25, 0.3) is 0 Å². The average molecular weight is 582 g/mol. The lowest BCUT2D eigenvalue weighted by atomic mass is 9.96. The molecule has 0 radical (unpaired) electrons. The Morgan fingerprint density at radius 2 is 1.88 bits per heavy atom. The number of hydrogen-bond donors (Lipinski definition) is 1. The first-order valence-corrected chi connectivity index (χ1v) is 14.7. The molecule has 6 rings (SSSR count).